The lowest BCUT2D eigenvalue weighted by Crippen LogP contribution is -2.49. The zero-order valence-corrected chi connectivity index (χ0v) is 17.8. The molecule has 4 heterocycles. The predicted molar refractivity (Wildman–Crippen MR) is 117 cm³/mol. The van der Waals surface area contributed by atoms with Gasteiger partial charge in [0.15, 0.2) is 0 Å². The number of hydrogen-bond acceptors (Lipinski definition) is 6. The van der Waals surface area contributed by atoms with Gasteiger partial charge in [-0.1, -0.05) is 6.07 Å². The number of piperazine rings is 1. The first-order valence-electron chi connectivity index (χ1n) is 9.47. The molecule has 2 amide bonds. The second-order valence-electron chi connectivity index (χ2n) is 6.85. The molecule has 0 radical (unpaired) electrons. The van der Waals surface area contributed by atoms with Crippen molar-refractivity contribution in [1.82, 2.24) is 15.2 Å². The van der Waals surface area contributed by atoms with E-state index >= 15 is 0 Å². The number of aryl methyl sites for hydroxylation is 1. The molecule has 1 N–H and O–H groups in total. The molecule has 6 nitrogen and oxygen atoms in total. The molecule has 1 fully saturated rings. The molecule has 29 heavy (non-hydrogen) atoms. The summed E-state index contributed by atoms with van der Waals surface area (Å²) >= 11 is 3.11. The normalized spacial score (nSPS) is 14.1. The highest BCUT2D eigenvalue weighted by molar-refractivity contribution is 7.12. The fraction of sp³-hybridized carbons (Fsp3) is 0.286. The quantitative estimate of drug-likeness (QED) is 0.679. The van der Waals surface area contributed by atoms with E-state index in [1.165, 1.54) is 11.3 Å². The maximum Gasteiger partial charge on any atom is 0.264 e. The monoisotopic (exact) mass is 426 g/mol. The summed E-state index contributed by atoms with van der Waals surface area (Å²) in [5.41, 5.74) is 1.59. The molecule has 3 aromatic rings. The van der Waals surface area contributed by atoms with Crippen molar-refractivity contribution >= 4 is 40.3 Å². The highest BCUT2D eigenvalue weighted by Crippen LogP contribution is 2.22. The van der Waals surface area contributed by atoms with Crippen LogP contribution in [-0.4, -0.2) is 47.9 Å². The van der Waals surface area contributed by atoms with Crippen molar-refractivity contribution in [2.75, 3.05) is 31.1 Å². The van der Waals surface area contributed by atoms with Gasteiger partial charge < -0.3 is 15.1 Å². The predicted octanol–water partition coefficient (Wildman–Crippen LogP) is 3.41. The first kappa shape index (κ1) is 19.6. The van der Waals surface area contributed by atoms with Crippen LogP contribution in [0, 0.1) is 6.92 Å². The van der Waals surface area contributed by atoms with E-state index in [-0.39, 0.29) is 11.8 Å². The van der Waals surface area contributed by atoms with Gasteiger partial charge in [0.2, 0.25) is 0 Å². The minimum absolute atomic E-state index is 0.0899. The molecular formula is C21H22N4O2S2. The Morgan fingerprint density at radius 3 is 2.59 bits per heavy atom. The zero-order chi connectivity index (χ0) is 20.2. The van der Waals surface area contributed by atoms with Crippen LogP contribution in [0.5, 0.6) is 0 Å². The Hall–Kier alpha value is -2.71. The molecule has 0 aromatic carbocycles. The molecule has 0 spiro atoms. The molecule has 1 aliphatic heterocycles. The third-order valence-electron chi connectivity index (χ3n) is 4.96. The van der Waals surface area contributed by atoms with E-state index in [1.807, 2.05) is 40.8 Å². The van der Waals surface area contributed by atoms with Crippen LogP contribution in [0.2, 0.25) is 0 Å². The number of hydrogen-bond donors (Lipinski definition) is 1. The molecule has 0 bridgehead atoms. The van der Waals surface area contributed by atoms with Crippen LogP contribution in [0.1, 0.15) is 30.5 Å². The molecule has 1 aliphatic rings. The SMILES string of the molecule is Cc1ccsc1C(=O)N1CCN(c2ncccc2C(=O)NCc2cccs2)CC1. The summed E-state index contributed by atoms with van der Waals surface area (Å²) in [6.45, 7) is 5.00. The number of nitrogens with zero attached hydrogens (tertiary/aromatic N) is 3. The van der Waals surface area contributed by atoms with E-state index in [1.54, 1.807) is 29.7 Å². The van der Waals surface area contributed by atoms with Gasteiger partial charge in [-0.15, -0.1) is 22.7 Å². The molecule has 8 heteroatoms. The van der Waals surface area contributed by atoms with Crippen molar-refractivity contribution in [2.24, 2.45) is 0 Å². The number of pyridine rings is 1. The number of anilines is 1. The van der Waals surface area contributed by atoms with E-state index in [9.17, 15) is 9.59 Å². The molecule has 1 saturated heterocycles. The van der Waals surface area contributed by atoms with Crippen LogP contribution in [0.15, 0.2) is 47.3 Å². The van der Waals surface area contributed by atoms with Gasteiger partial charge >= 0.3 is 0 Å². The van der Waals surface area contributed by atoms with Crippen molar-refractivity contribution < 1.29 is 9.59 Å². The summed E-state index contributed by atoms with van der Waals surface area (Å²) in [4.78, 5) is 35.8. The van der Waals surface area contributed by atoms with Gasteiger partial charge in [-0.25, -0.2) is 4.98 Å². The summed E-state index contributed by atoms with van der Waals surface area (Å²) < 4.78 is 0. The molecule has 4 rings (SSSR count). The number of thiophene rings is 2. The lowest BCUT2D eigenvalue weighted by atomic mass is 10.2. The Morgan fingerprint density at radius 2 is 1.90 bits per heavy atom. The second kappa shape index (κ2) is 8.75. The minimum atomic E-state index is -0.130. The second-order valence-corrected chi connectivity index (χ2v) is 8.80. The van der Waals surface area contributed by atoms with Crippen molar-refractivity contribution in [1.29, 1.82) is 0 Å². The minimum Gasteiger partial charge on any atom is -0.352 e. The number of carbonyl (C=O) groups excluding carboxylic acids is 2. The number of carbonyl (C=O) groups is 2. The van der Waals surface area contributed by atoms with Crippen molar-refractivity contribution in [3.8, 4) is 0 Å². The lowest BCUT2D eigenvalue weighted by Gasteiger charge is -2.36. The highest BCUT2D eigenvalue weighted by Gasteiger charge is 2.26. The number of aromatic nitrogens is 1. The molecule has 150 valence electrons. The number of amides is 2. The summed E-state index contributed by atoms with van der Waals surface area (Å²) in [6.07, 6.45) is 1.71. The average Bonchev–Trinajstić information content (AvgIpc) is 3.43. The molecular weight excluding hydrogens is 404 g/mol. The van der Waals surface area contributed by atoms with Crippen LogP contribution in [0.25, 0.3) is 0 Å². The highest BCUT2D eigenvalue weighted by atomic mass is 32.1. The molecule has 0 atom stereocenters. The third-order valence-corrected chi connectivity index (χ3v) is 6.84. The molecule has 0 saturated carbocycles. The van der Waals surface area contributed by atoms with Gasteiger partial charge in [-0.3, -0.25) is 9.59 Å². The summed E-state index contributed by atoms with van der Waals surface area (Å²) in [5, 5.41) is 6.92. The largest absolute Gasteiger partial charge is 0.352 e. The van der Waals surface area contributed by atoms with E-state index < -0.39 is 0 Å². The Morgan fingerprint density at radius 1 is 1.07 bits per heavy atom. The Labute approximate surface area is 177 Å². The lowest BCUT2D eigenvalue weighted by molar-refractivity contribution is 0.0750. The molecule has 0 aliphatic carbocycles. The van der Waals surface area contributed by atoms with Gasteiger partial charge in [-0.2, -0.15) is 0 Å². The van der Waals surface area contributed by atoms with Gasteiger partial charge in [0.25, 0.3) is 11.8 Å². The Balaban J connectivity index is 1.41. The smallest absolute Gasteiger partial charge is 0.264 e. The topological polar surface area (TPSA) is 65.5 Å². The zero-order valence-electron chi connectivity index (χ0n) is 16.1. The van der Waals surface area contributed by atoms with Gasteiger partial charge in [0.05, 0.1) is 17.0 Å². The van der Waals surface area contributed by atoms with Crippen molar-refractivity contribution in [3.05, 3.63) is 68.2 Å². The summed E-state index contributed by atoms with van der Waals surface area (Å²) in [7, 11) is 0. The van der Waals surface area contributed by atoms with Gasteiger partial charge in [-0.05, 0) is 47.5 Å². The Bertz CT molecular complexity index is 992. The third kappa shape index (κ3) is 4.33. The van der Waals surface area contributed by atoms with E-state index in [2.05, 4.69) is 15.2 Å². The van der Waals surface area contributed by atoms with E-state index in [4.69, 9.17) is 0 Å². The number of rotatable bonds is 5. The molecule has 3 aromatic heterocycles. The average molecular weight is 427 g/mol. The van der Waals surface area contributed by atoms with Crippen LogP contribution >= 0.6 is 22.7 Å². The maximum absolute atomic E-state index is 12.7. The fourth-order valence-corrected chi connectivity index (χ4v) is 4.90. The Kier molecular flexibility index (Phi) is 5.92. The maximum atomic E-state index is 12.7. The van der Waals surface area contributed by atoms with Gasteiger partial charge in [0.1, 0.15) is 5.82 Å². The number of nitrogens with one attached hydrogen (secondary N) is 1. The summed E-state index contributed by atoms with van der Waals surface area (Å²) in [5.74, 6) is 0.636. The van der Waals surface area contributed by atoms with E-state index in [0.29, 0.717) is 44.1 Å². The van der Waals surface area contributed by atoms with Crippen LogP contribution < -0.4 is 10.2 Å². The van der Waals surface area contributed by atoms with Gasteiger partial charge in [0, 0.05) is 37.3 Å². The van der Waals surface area contributed by atoms with Crippen LogP contribution in [-0.2, 0) is 6.54 Å². The first-order valence-corrected chi connectivity index (χ1v) is 11.2. The van der Waals surface area contributed by atoms with E-state index in [0.717, 1.165) is 15.3 Å². The first-order chi connectivity index (χ1) is 14.1. The standard InChI is InChI=1S/C21H22N4O2S2/c1-15-6-13-29-18(15)21(27)25-10-8-24(9-11-25)19-17(5-2-7-22-19)20(26)23-14-16-4-3-12-28-16/h2-7,12-13H,8-11,14H2,1H3,(H,23,26). The van der Waals surface area contributed by atoms with Crippen LogP contribution in [0.4, 0.5) is 5.82 Å². The van der Waals surface area contributed by atoms with Crippen molar-refractivity contribution in [2.45, 2.75) is 13.5 Å². The fourth-order valence-electron chi connectivity index (χ4n) is 3.36. The summed E-state index contributed by atoms with van der Waals surface area (Å²) in [6, 6.07) is 9.53. The van der Waals surface area contributed by atoms with Crippen LogP contribution in [0.3, 0.4) is 0 Å². The van der Waals surface area contributed by atoms with Crippen molar-refractivity contribution in [3.63, 3.8) is 0 Å². The molecule has 0 unspecified atom stereocenters.